The molecule has 0 spiro atoms. The number of carbonyl (C=O) groups excluding carboxylic acids is 1. The molecule has 1 N–H and O–H groups in total. The molecular formula is C13H25O4. The summed E-state index contributed by atoms with van der Waals surface area (Å²) < 4.78 is 0. The molecule has 0 saturated carbocycles. The van der Waals surface area contributed by atoms with Gasteiger partial charge < -0.3 is 5.11 Å². The number of hydrogen-bond acceptors (Lipinski definition) is 2. The van der Waals surface area contributed by atoms with Crippen molar-refractivity contribution in [2.45, 2.75) is 60.3 Å². The first-order valence-corrected chi connectivity index (χ1v) is 6.07. The average molecular weight is 245 g/mol. The maximum Gasteiger partial charge on any atom is 0.360 e. The van der Waals surface area contributed by atoms with Gasteiger partial charge >= 0.3 is 11.9 Å². The van der Waals surface area contributed by atoms with E-state index in [9.17, 15) is 14.7 Å². The van der Waals surface area contributed by atoms with E-state index in [1.54, 1.807) is 27.7 Å². The minimum atomic E-state index is -1.01. The van der Waals surface area contributed by atoms with Crippen molar-refractivity contribution < 1.29 is 19.8 Å². The number of unbranched alkanes of at least 4 members (excludes halogenated alkanes) is 2. The predicted octanol–water partition coefficient (Wildman–Crippen LogP) is 3.28. The molecule has 0 aliphatic rings. The van der Waals surface area contributed by atoms with Crippen molar-refractivity contribution in [1.29, 1.82) is 0 Å². The lowest BCUT2D eigenvalue weighted by Gasteiger charge is -2.06. The maximum absolute atomic E-state index is 10.3. The van der Waals surface area contributed by atoms with Crippen LogP contribution in [-0.4, -0.2) is 17.0 Å². The molecule has 1 atom stereocenters. The minimum absolute atomic E-state index is 0.161. The monoisotopic (exact) mass is 245 g/mol. The molecule has 1 unspecified atom stereocenters. The summed E-state index contributed by atoms with van der Waals surface area (Å²) in [4.78, 5) is 20.2. The summed E-state index contributed by atoms with van der Waals surface area (Å²) in [6.07, 6.45) is 4.18. The molecular weight excluding hydrogens is 220 g/mol. The highest BCUT2D eigenvalue weighted by Gasteiger charge is 2.21. The van der Waals surface area contributed by atoms with E-state index in [0.717, 1.165) is 25.7 Å². The fourth-order valence-electron chi connectivity index (χ4n) is 0.824. The number of carbonyl (C=O) groups is 2. The van der Waals surface area contributed by atoms with E-state index in [-0.39, 0.29) is 5.92 Å². The molecule has 0 aliphatic carbocycles. The standard InChI is InChI=1S/C8H16O2.C5H9O2/c1-3-4-5-6-7(2)8(9)10;1-5(2,3)4(6)7/h7H,3-6H2,1-2H3,(H,9,10);1-3H3. The van der Waals surface area contributed by atoms with Gasteiger partial charge in [-0.3, -0.25) is 4.79 Å². The third-order valence-corrected chi connectivity index (χ3v) is 2.27. The van der Waals surface area contributed by atoms with E-state index in [1.165, 1.54) is 0 Å². The third-order valence-electron chi connectivity index (χ3n) is 2.27. The van der Waals surface area contributed by atoms with Crippen LogP contribution >= 0.6 is 0 Å². The van der Waals surface area contributed by atoms with E-state index >= 15 is 0 Å². The molecule has 17 heavy (non-hydrogen) atoms. The Bertz CT molecular complexity index is 228. The zero-order valence-corrected chi connectivity index (χ0v) is 11.6. The van der Waals surface area contributed by atoms with Crippen LogP contribution in [0.2, 0.25) is 0 Å². The summed E-state index contributed by atoms with van der Waals surface area (Å²) in [6.45, 7) is 8.68. The molecule has 0 aliphatic heterocycles. The molecule has 0 amide bonds. The lowest BCUT2D eigenvalue weighted by atomic mass is 9.98. The summed E-state index contributed by atoms with van der Waals surface area (Å²) in [5, 5.41) is 18.4. The quantitative estimate of drug-likeness (QED) is 0.755. The van der Waals surface area contributed by atoms with E-state index in [2.05, 4.69) is 6.92 Å². The highest BCUT2D eigenvalue weighted by atomic mass is 16.4. The highest BCUT2D eigenvalue weighted by molar-refractivity contribution is 5.72. The van der Waals surface area contributed by atoms with Gasteiger partial charge in [-0.1, -0.05) is 33.1 Å². The predicted molar refractivity (Wildman–Crippen MR) is 66.1 cm³/mol. The Morgan fingerprint density at radius 1 is 1.18 bits per heavy atom. The van der Waals surface area contributed by atoms with Crippen LogP contribution in [0, 0.1) is 11.3 Å². The van der Waals surface area contributed by atoms with Gasteiger partial charge in [0.25, 0.3) is 0 Å². The number of hydrogen-bond donors (Lipinski definition) is 1. The first-order chi connectivity index (χ1) is 7.62. The van der Waals surface area contributed by atoms with E-state index in [1.807, 2.05) is 0 Å². The molecule has 1 radical (unpaired) electrons. The lowest BCUT2D eigenvalue weighted by molar-refractivity contribution is -0.152. The van der Waals surface area contributed by atoms with E-state index < -0.39 is 17.4 Å². The molecule has 4 heteroatoms. The van der Waals surface area contributed by atoms with Crippen LogP contribution in [0.5, 0.6) is 0 Å². The largest absolute Gasteiger partial charge is 0.481 e. The second kappa shape index (κ2) is 9.02. The summed E-state index contributed by atoms with van der Waals surface area (Å²) in [5.41, 5.74) is -0.694. The first kappa shape index (κ1) is 18.3. The Hall–Kier alpha value is -1.06. The minimum Gasteiger partial charge on any atom is -0.481 e. The summed E-state index contributed by atoms with van der Waals surface area (Å²) in [5.74, 6) is -1.84. The van der Waals surface area contributed by atoms with Gasteiger partial charge in [-0.2, -0.15) is 0 Å². The molecule has 0 heterocycles. The second-order valence-electron chi connectivity index (χ2n) is 5.27. The van der Waals surface area contributed by atoms with Crippen LogP contribution in [0.15, 0.2) is 0 Å². The summed E-state index contributed by atoms with van der Waals surface area (Å²) >= 11 is 0. The summed E-state index contributed by atoms with van der Waals surface area (Å²) in [7, 11) is 0. The Morgan fingerprint density at radius 3 is 1.82 bits per heavy atom. The number of carboxylic acid groups (broad SMARTS) is 1. The van der Waals surface area contributed by atoms with Crippen LogP contribution < -0.4 is 0 Å². The van der Waals surface area contributed by atoms with Crippen LogP contribution in [0.4, 0.5) is 0 Å². The van der Waals surface area contributed by atoms with Gasteiger partial charge in [0.2, 0.25) is 0 Å². The Morgan fingerprint density at radius 2 is 1.59 bits per heavy atom. The van der Waals surface area contributed by atoms with Crippen molar-refractivity contribution in [3.8, 4) is 0 Å². The molecule has 0 saturated heterocycles. The van der Waals surface area contributed by atoms with E-state index in [4.69, 9.17) is 5.11 Å². The topological polar surface area (TPSA) is 74.3 Å². The average Bonchev–Trinajstić information content (AvgIpc) is 2.17. The number of aliphatic carboxylic acids is 1. The second-order valence-corrected chi connectivity index (χ2v) is 5.27. The van der Waals surface area contributed by atoms with Crippen molar-refractivity contribution in [3.63, 3.8) is 0 Å². The fourth-order valence-corrected chi connectivity index (χ4v) is 0.824. The molecule has 0 aromatic heterocycles. The van der Waals surface area contributed by atoms with Crippen molar-refractivity contribution in [3.05, 3.63) is 0 Å². The Labute approximate surface area is 104 Å². The molecule has 4 nitrogen and oxygen atoms in total. The summed E-state index contributed by atoms with van der Waals surface area (Å²) in [6, 6.07) is 0. The van der Waals surface area contributed by atoms with Gasteiger partial charge in [-0.05, 0) is 27.2 Å². The van der Waals surface area contributed by atoms with Crippen molar-refractivity contribution >= 4 is 11.9 Å². The van der Waals surface area contributed by atoms with Crippen LogP contribution in [-0.2, 0) is 14.7 Å². The van der Waals surface area contributed by atoms with Crippen molar-refractivity contribution in [1.82, 2.24) is 0 Å². The van der Waals surface area contributed by atoms with Crippen molar-refractivity contribution in [2.75, 3.05) is 0 Å². The fraction of sp³-hybridized carbons (Fsp3) is 0.846. The Balaban J connectivity index is 0. The molecule has 0 bridgehead atoms. The van der Waals surface area contributed by atoms with Crippen LogP contribution in [0.25, 0.3) is 0 Å². The van der Waals surface area contributed by atoms with Crippen LogP contribution in [0.3, 0.4) is 0 Å². The molecule has 101 valence electrons. The third kappa shape index (κ3) is 12.9. The molecule has 0 rings (SSSR count). The van der Waals surface area contributed by atoms with Gasteiger partial charge in [-0.15, -0.1) is 0 Å². The Kier molecular flexibility index (Phi) is 9.72. The maximum atomic E-state index is 10.3. The van der Waals surface area contributed by atoms with Crippen molar-refractivity contribution in [2.24, 2.45) is 11.3 Å². The van der Waals surface area contributed by atoms with Gasteiger partial charge in [0.15, 0.2) is 0 Å². The number of carboxylic acids is 1. The van der Waals surface area contributed by atoms with Gasteiger partial charge in [-0.25, -0.2) is 9.90 Å². The smallest absolute Gasteiger partial charge is 0.360 e. The molecule has 0 aromatic carbocycles. The van der Waals surface area contributed by atoms with Gasteiger partial charge in [0.05, 0.1) is 11.3 Å². The van der Waals surface area contributed by atoms with E-state index in [0.29, 0.717) is 0 Å². The van der Waals surface area contributed by atoms with Gasteiger partial charge in [0, 0.05) is 0 Å². The van der Waals surface area contributed by atoms with Crippen LogP contribution in [0.1, 0.15) is 60.3 Å². The normalized spacial score (nSPS) is 12.3. The first-order valence-electron chi connectivity index (χ1n) is 6.07. The highest BCUT2D eigenvalue weighted by Crippen LogP contribution is 2.11. The molecule has 0 fully saturated rings. The zero-order valence-electron chi connectivity index (χ0n) is 11.6. The molecule has 0 aromatic rings. The lowest BCUT2D eigenvalue weighted by Crippen LogP contribution is -2.17. The SMILES string of the molecule is CC(C)(C)C([O])=O.CCCCCC(C)C(=O)O. The number of rotatable bonds is 5. The van der Waals surface area contributed by atoms with Gasteiger partial charge in [0.1, 0.15) is 0 Å². The zero-order chi connectivity index (χ0) is 14.1.